The summed E-state index contributed by atoms with van der Waals surface area (Å²) >= 11 is 0. The molecule has 0 aromatic heterocycles. The van der Waals surface area contributed by atoms with Gasteiger partial charge in [0.05, 0.1) is 0 Å². The molecule has 0 unspecified atom stereocenters. The molecule has 0 spiro atoms. The molecule has 1 aliphatic rings. The first-order valence-corrected chi connectivity index (χ1v) is 5.81. The SMILES string of the molecule is CNC(=O)CC(=O)N1CCCc2ccccc21. The van der Waals surface area contributed by atoms with Gasteiger partial charge in [0.2, 0.25) is 11.8 Å². The number of hydrogen-bond donors (Lipinski definition) is 1. The van der Waals surface area contributed by atoms with Crippen molar-refractivity contribution in [3.8, 4) is 0 Å². The Morgan fingerprint density at radius 1 is 1.35 bits per heavy atom. The molecule has 1 aromatic carbocycles. The molecule has 0 aliphatic carbocycles. The largest absolute Gasteiger partial charge is 0.359 e. The Hall–Kier alpha value is -1.84. The van der Waals surface area contributed by atoms with Crippen LogP contribution in [0.25, 0.3) is 0 Å². The van der Waals surface area contributed by atoms with Crippen LogP contribution < -0.4 is 10.2 Å². The summed E-state index contributed by atoms with van der Waals surface area (Å²) in [5, 5.41) is 2.47. The predicted molar refractivity (Wildman–Crippen MR) is 65.8 cm³/mol. The van der Waals surface area contributed by atoms with Crippen LogP contribution in [0.2, 0.25) is 0 Å². The minimum atomic E-state index is -0.238. The Bertz CT molecular complexity index is 443. The summed E-state index contributed by atoms with van der Waals surface area (Å²) in [6, 6.07) is 7.88. The summed E-state index contributed by atoms with van der Waals surface area (Å²) in [5.41, 5.74) is 2.14. The van der Waals surface area contributed by atoms with Crippen LogP contribution >= 0.6 is 0 Å². The van der Waals surface area contributed by atoms with Gasteiger partial charge in [-0.05, 0) is 24.5 Å². The van der Waals surface area contributed by atoms with E-state index < -0.39 is 0 Å². The number of aryl methyl sites for hydroxylation is 1. The Morgan fingerprint density at radius 2 is 2.12 bits per heavy atom. The highest BCUT2D eigenvalue weighted by Gasteiger charge is 2.23. The normalized spacial score (nSPS) is 14.1. The molecule has 1 aliphatic heterocycles. The van der Waals surface area contributed by atoms with Crippen molar-refractivity contribution < 1.29 is 9.59 Å². The zero-order chi connectivity index (χ0) is 12.3. The molecule has 1 heterocycles. The van der Waals surface area contributed by atoms with Crippen molar-refractivity contribution in [3.05, 3.63) is 29.8 Å². The van der Waals surface area contributed by atoms with Gasteiger partial charge in [-0.25, -0.2) is 0 Å². The number of carbonyl (C=O) groups is 2. The van der Waals surface area contributed by atoms with E-state index in [1.54, 1.807) is 11.9 Å². The molecule has 17 heavy (non-hydrogen) atoms. The highest BCUT2D eigenvalue weighted by molar-refractivity contribution is 6.05. The van der Waals surface area contributed by atoms with E-state index in [0.717, 1.165) is 18.5 Å². The van der Waals surface area contributed by atoms with E-state index in [1.165, 1.54) is 5.56 Å². The van der Waals surface area contributed by atoms with Crippen LogP contribution in [0.15, 0.2) is 24.3 Å². The molecule has 0 saturated heterocycles. The second-order valence-corrected chi connectivity index (χ2v) is 4.13. The van der Waals surface area contributed by atoms with E-state index in [-0.39, 0.29) is 18.2 Å². The van der Waals surface area contributed by atoms with Crippen LogP contribution in [-0.4, -0.2) is 25.4 Å². The second kappa shape index (κ2) is 4.99. The zero-order valence-corrected chi connectivity index (χ0v) is 9.90. The highest BCUT2D eigenvalue weighted by Crippen LogP contribution is 2.26. The standard InChI is InChI=1S/C13H16N2O2/c1-14-12(16)9-13(17)15-8-4-6-10-5-2-3-7-11(10)15/h2-3,5,7H,4,6,8-9H2,1H3,(H,14,16). The van der Waals surface area contributed by atoms with Crippen molar-refractivity contribution in [2.75, 3.05) is 18.5 Å². The van der Waals surface area contributed by atoms with Gasteiger partial charge in [-0.15, -0.1) is 0 Å². The second-order valence-electron chi connectivity index (χ2n) is 4.13. The average molecular weight is 232 g/mol. The van der Waals surface area contributed by atoms with E-state index in [0.29, 0.717) is 6.54 Å². The molecule has 4 heteroatoms. The van der Waals surface area contributed by atoms with Crippen LogP contribution in [0.4, 0.5) is 5.69 Å². The Morgan fingerprint density at radius 3 is 2.88 bits per heavy atom. The Kier molecular flexibility index (Phi) is 3.42. The van der Waals surface area contributed by atoms with E-state index in [2.05, 4.69) is 5.32 Å². The average Bonchev–Trinajstić information content (AvgIpc) is 2.37. The molecule has 0 radical (unpaired) electrons. The van der Waals surface area contributed by atoms with Gasteiger partial charge < -0.3 is 10.2 Å². The number of benzene rings is 1. The van der Waals surface area contributed by atoms with Gasteiger partial charge >= 0.3 is 0 Å². The number of amides is 2. The molecule has 0 bridgehead atoms. The molecule has 1 aromatic rings. The molecule has 0 atom stereocenters. The summed E-state index contributed by atoms with van der Waals surface area (Å²) in [7, 11) is 1.54. The molecular weight excluding hydrogens is 216 g/mol. The number of fused-ring (bicyclic) bond motifs is 1. The number of para-hydroxylation sites is 1. The fourth-order valence-corrected chi connectivity index (χ4v) is 2.11. The minimum Gasteiger partial charge on any atom is -0.359 e. The highest BCUT2D eigenvalue weighted by atomic mass is 16.2. The maximum Gasteiger partial charge on any atom is 0.236 e. The first-order valence-electron chi connectivity index (χ1n) is 5.81. The fraction of sp³-hybridized carbons (Fsp3) is 0.385. The summed E-state index contributed by atoms with van der Waals surface area (Å²) in [6.45, 7) is 0.701. The summed E-state index contributed by atoms with van der Waals surface area (Å²) in [6.07, 6.45) is 1.88. The number of nitrogens with zero attached hydrogens (tertiary/aromatic N) is 1. The van der Waals surface area contributed by atoms with Crippen molar-refractivity contribution in [3.63, 3.8) is 0 Å². The van der Waals surface area contributed by atoms with E-state index in [9.17, 15) is 9.59 Å². The van der Waals surface area contributed by atoms with Crippen LogP contribution in [0.5, 0.6) is 0 Å². The van der Waals surface area contributed by atoms with Crippen LogP contribution in [0.1, 0.15) is 18.4 Å². The summed E-state index contributed by atoms with van der Waals surface area (Å²) < 4.78 is 0. The Balaban J connectivity index is 2.18. The lowest BCUT2D eigenvalue weighted by Crippen LogP contribution is -2.38. The molecule has 2 amide bonds. The third-order valence-corrected chi connectivity index (χ3v) is 3.00. The van der Waals surface area contributed by atoms with Crippen LogP contribution in [-0.2, 0) is 16.0 Å². The van der Waals surface area contributed by atoms with Gasteiger partial charge in [0.1, 0.15) is 6.42 Å². The summed E-state index contributed by atoms with van der Waals surface area (Å²) in [5.74, 6) is -0.366. The first-order chi connectivity index (χ1) is 8.22. The molecule has 1 N–H and O–H groups in total. The lowest BCUT2D eigenvalue weighted by atomic mass is 10.0. The third-order valence-electron chi connectivity index (χ3n) is 3.00. The number of anilines is 1. The van der Waals surface area contributed by atoms with E-state index in [4.69, 9.17) is 0 Å². The lowest BCUT2D eigenvalue weighted by molar-refractivity contribution is -0.127. The smallest absolute Gasteiger partial charge is 0.236 e. The number of rotatable bonds is 2. The van der Waals surface area contributed by atoms with E-state index >= 15 is 0 Å². The molecular formula is C13H16N2O2. The topological polar surface area (TPSA) is 49.4 Å². The maximum absolute atomic E-state index is 12.0. The van der Waals surface area contributed by atoms with Crippen molar-refractivity contribution in [2.24, 2.45) is 0 Å². The molecule has 90 valence electrons. The van der Waals surface area contributed by atoms with Crippen molar-refractivity contribution in [2.45, 2.75) is 19.3 Å². The van der Waals surface area contributed by atoms with Gasteiger partial charge in [0.25, 0.3) is 0 Å². The third kappa shape index (κ3) is 2.46. The molecule has 2 rings (SSSR count). The molecule has 0 saturated carbocycles. The predicted octanol–water partition coefficient (Wildman–Crippen LogP) is 1.10. The van der Waals surface area contributed by atoms with Gasteiger partial charge in [-0.1, -0.05) is 18.2 Å². The molecule has 0 fully saturated rings. The number of nitrogens with one attached hydrogen (secondary N) is 1. The lowest BCUT2D eigenvalue weighted by Gasteiger charge is -2.29. The van der Waals surface area contributed by atoms with Crippen molar-refractivity contribution in [1.29, 1.82) is 0 Å². The van der Waals surface area contributed by atoms with E-state index in [1.807, 2.05) is 24.3 Å². The van der Waals surface area contributed by atoms with Crippen LogP contribution in [0.3, 0.4) is 0 Å². The molecule has 4 nitrogen and oxygen atoms in total. The first kappa shape index (κ1) is 11.6. The van der Waals surface area contributed by atoms with Gasteiger partial charge in [0, 0.05) is 19.3 Å². The number of hydrogen-bond acceptors (Lipinski definition) is 2. The Labute approximate surface area is 101 Å². The minimum absolute atomic E-state index is 0.0785. The number of carbonyl (C=O) groups excluding carboxylic acids is 2. The van der Waals surface area contributed by atoms with Gasteiger partial charge in [0.15, 0.2) is 0 Å². The van der Waals surface area contributed by atoms with Gasteiger partial charge in [-0.2, -0.15) is 0 Å². The van der Waals surface area contributed by atoms with Gasteiger partial charge in [-0.3, -0.25) is 9.59 Å². The van der Waals surface area contributed by atoms with Crippen molar-refractivity contribution in [1.82, 2.24) is 5.32 Å². The monoisotopic (exact) mass is 232 g/mol. The zero-order valence-electron chi connectivity index (χ0n) is 9.90. The quantitative estimate of drug-likeness (QED) is 0.776. The maximum atomic E-state index is 12.0. The fourth-order valence-electron chi connectivity index (χ4n) is 2.11. The van der Waals surface area contributed by atoms with Crippen LogP contribution in [0, 0.1) is 0 Å². The van der Waals surface area contributed by atoms with Crippen molar-refractivity contribution >= 4 is 17.5 Å². The summed E-state index contributed by atoms with van der Waals surface area (Å²) in [4.78, 5) is 24.9.